The molecule has 7 nitrogen and oxygen atoms in total. The van der Waals surface area contributed by atoms with Crippen LogP contribution in [0.1, 0.15) is 18.4 Å². The molecule has 0 spiro atoms. The zero-order chi connectivity index (χ0) is 18.9. The standard InChI is InChI=1S/C16H13ClN2O5S2/c17-15-8-11(10-18)4-7-16(15)24-26(22,23)14-3-1-2-13(9-14)25(20,21)19-12-5-6-12/h1-4,7-9,12,19H,5-6H2. The molecule has 1 N–H and O–H groups in total. The lowest BCUT2D eigenvalue weighted by Crippen LogP contribution is -2.26. The molecule has 0 aromatic heterocycles. The Labute approximate surface area is 156 Å². The molecule has 26 heavy (non-hydrogen) atoms. The third kappa shape index (κ3) is 4.16. The lowest BCUT2D eigenvalue weighted by atomic mass is 10.2. The number of hydrogen-bond acceptors (Lipinski definition) is 6. The highest BCUT2D eigenvalue weighted by molar-refractivity contribution is 7.89. The number of rotatable bonds is 6. The van der Waals surface area contributed by atoms with Gasteiger partial charge in [0.05, 0.1) is 21.6 Å². The van der Waals surface area contributed by atoms with Gasteiger partial charge in [-0.25, -0.2) is 13.1 Å². The Balaban J connectivity index is 1.90. The summed E-state index contributed by atoms with van der Waals surface area (Å²) in [6, 6.07) is 10.5. The van der Waals surface area contributed by atoms with Crippen molar-refractivity contribution in [1.82, 2.24) is 4.72 Å². The number of halogens is 1. The highest BCUT2D eigenvalue weighted by atomic mass is 35.5. The SMILES string of the molecule is N#Cc1ccc(OS(=O)(=O)c2cccc(S(=O)(=O)NC3CC3)c2)c(Cl)c1. The Morgan fingerprint density at radius 2 is 1.77 bits per heavy atom. The second-order valence-electron chi connectivity index (χ2n) is 5.66. The molecule has 0 atom stereocenters. The van der Waals surface area contributed by atoms with Crippen LogP contribution in [0.25, 0.3) is 0 Å². The molecular formula is C16H13ClN2O5S2. The molecule has 1 fully saturated rings. The van der Waals surface area contributed by atoms with E-state index in [0.717, 1.165) is 18.9 Å². The van der Waals surface area contributed by atoms with Crippen molar-refractivity contribution in [2.24, 2.45) is 0 Å². The van der Waals surface area contributed by atoms with Gasteiger partial charge < -0.3 is 4.18 Å². The van der Waals surface area contributed by atoms with Crippen LogP contribution in [0.3, 0.4) is 0 Å². The van der Waals surface area contributed by atoms with Crippen LogP contribution < -0.4 is 8.91 Å². The van der Waals surface area contributed by atoms with Crippen LogP contribution in [-0.4, -0.2) is 22.9 Å². The Morgan fingerprint density at radius 1 is 1.08 bits per heavy atom. The van der Waals surface area contributed by atoms with Crippen molar-refractivity contribution < 1.29 is 21.0 Å². The van der Waals surface area contributed by atoms with Gasteiger partial charge in [-0.1, -0.05) is 17.7 Å². The number of sulfonamides is 1. The maximum Gasteiger partial charge on any atom is 0.339 e. The third-order valence-corrected chi connectivity index (χ3v) is 6.61. The molecule has 0 bridgehead atoms. The highest BCUT2D eigenvalue weighted by Crippen LogP contribution is 2.29. The Hall–Kier alpha value is -2.12. The second-order valence-corrected chi connectivity index (χ2v) is 9.33. The minimum absolute atomic E-state index is 0.0493. The van der Waals surface area contributed by atoms with Crippen LogP contribution in [0.4, 0.5) is 0 Å². The van der Waals surface area contributed by atoms with Crippen molar-refractivity contribution in [2.45, 2.75) is 28.7 Å². The predicted octanol–water partition coefficient (Wildman–Crippen LogP) is 2.42. The second kappa shape index (κ2) is 6.89. The first-order valence-corrected chi connectivity index (χ1v) is 10.7. The minimum atomic E-state index is -4.31. The normalized spacial score (nSPS) is 14.6. The number of benzene rings is 2. The van der Waals surface area contributed by atoms with Gasteiger partial charge in [0, 0.05) is 6.04 Å². The molecule has 1 saturated carbocycles. The summed E-state index contributed by atoms with van der Waals surface area (Å²) in [6.07, 6.45) is 1.52. The first-order valence-electron chi connectivity index (χ1n) is 7.48. The average molecular weight is 413 g/mol. The molecule has 3 rings (SSSR count). The summed E-state index contributed by atoms with van der Waals surface area (Å²) >= 11 is 5.92. The lowest BCUT2D eigenvalue weighted by molar-refractivity contribution is 0.486. The monoisotopic (exact) mass is 412 g/mol. The van der Waals surface area contributed by atoms with Gasteiger partial charge in [0.1, 0.15) is 4.90 Å². The van der Waals surface area contributed by atoms with Crippen LogP contribution in [0, 0.1) is 11.3 Å². The molecule has 0 amide bonds. The summed E-state index contributed by atoms with van der Waals surface area (Å²) in [4.78, 5) is -0.489. The van der Waals surface area contributed by atoms with Crippen molar-refractivity contribution in [1.29, 1.82) is 5.26 Å². The summed E-state index contributed by atoms with van der Waals surface area (Å²) in [5, 5.41) is 8.76. The van der Waals surface area contributed by atoms with E-state index in [1.54, 1.807) is 0 Å². The Morgan fingerprint density at radius 3 is 2.38 bits per heavy atom. The van der Waals surface area contributed by atoms with Gasteiger partial charge in [0.25, 0.3) is 0 Å². The summed E-state index contributed by atoms with van der Waals surface area (Å²) in [6.45, 7) is 0. The van der Waals surface area contributed by atoms with E-state index in [1.165, 1.54) is 36.4 Å². The van der Waals surface area contributed by atoms with Crippen LogP contribution >= 0.6 is 11.6 Å². The maximum absolute atomic E-state index is 12.5. The lowest BCUT2D eigenvalue weighted by Gasteiger charge is -2.10. The molecule has 2 aromatic carbocycles. The van der Waals surface area contributed by atoms with Crippen molar-refractivity contribution in [3.63, 3.8) is 0 Å². The number of nitrogens with zero attached hydrogens (tertiary/aromatic N) is 1. The molecule has 0 radical (unpaired) electrons. The van der Waals surface area contributed by atoms with Crippen LogP contribution in [-0.2, 0) is 20.1 Å². The molecule has 0 saturated heterocycles. The summed E-state index contributed by atoms with van der Waals surface area (Å²) < 4.78 is 56.9. The summed E-state index contributed by atoms with van der Waals surface area (Å²) in [7, 11) is -8.11. The first-order chi connectivity index (χ1) is 12.2. The van der Waals surface area contributed by atoms with E-state index in [4.69, 9.17) is 21.0 Å². The van der Waals surface area contributed by atoms with E-state index in [0.29, 0.717) is 0 Å². The molecule has 1 aliphatic rings. The zero-order valence-corrected chi connectivity index (χ0v) is 15.6. The van der Waals surface area contributed by atoms with Crippen LogP contribution in [0.2, 0.25) is 5.02 Å². The first kappa shape index (κ1) is 18.7. The molecule has 0 unspecified atom stereocenters. The van der Waals surface area contributed by atoms with E-state index < -0.39 is 20.1 Å². The van der Waals surface area contributed by atoms with E-state index in [-0.39, 0.29) is 32.2 Å². The minimum Gasteiger partial charge on any atom is -0.377 e. The summed E-state index contributed by atoms with van der Waals surface area (Å²) in [5.74, 6) is -0.157. The van der Waals surface area contributed by atoms with E-state index in [1.807, 2.05) is 6.07 Å². The smallest absolute Gasteiger partial charge is 0.339 e. The van der Waals surface area contributed by atoms with Gasteiger partial charge in [-0.15, -0.1) is 0 Å². The topological polar surface area (TPSA) is 113 Å². The van der Waals surface area contributed by atoms with Gasteiger partial charge in [0.2, 0.25) is 10.0 Å². The molecule has 1 aliphatic carbocycles. The van der Waals surface area contributed by atoms with Gasteiger partial charge in [-0.3, -0.25) is 0 Å². The van der Waals surface area contributed by atoms with Crippen molar-refractivity contribution >= 4 is 31.7 Å². The van der Waals surface area contributed by atoms with Gasteiger partial charge in [-0.05, 0) is 49.2 Å². The maximum atomic E-state index is 12.5. The largest absolute Gasteiger partial charge is 0.377 e. The fraction of sp³-hybridized carbons (Fsp3) is 0.188. The molecular weight excluding hydrogens is 400 g/mol. The number of nitriles is 1. The molecule has 0 heterocycles. The van der Waals surface area contributed by atoms with Crippen LogP contribution in [0.5, 0.6) is 5.75 Å². The Kier molecular flexibility index (Phi) is 4.94. The fourth-order valence-corrected chi connectivity index (χ4v) is 4.77. The quantitative estimate of drug-likeness (QED) is 0.729. The molecule has 10 heteroatoms. The van der Waals surface area contributed by atoms with E-state index in [2.05, 4.69) is 4.72 Å². The predicted molar refractivity (Wildman–Crippen MR) is 93.8 cm³/mol. The molecule has 2 aromatic rings. The summed E-state index contributed by atoms with van der Waals surface area (Å²) in [5.41, 5.74) is 0.249. The Bertz CT molecular complexity index is 1100. The van der Waals surface area contributed by atoms with Gasteiger partial charge in [0.15, 0.2) is 5.75 Å². The van der Waals surface area contributed by atoms with Crippen molar-refractivity contribution in [2.75, 3.05) is 0 Å². The van der Waals surface area contributed by atoms with E-state index >= 15 is 0 Å². The van der Waals surface area contributed by atoms with Crippen LogP contribution in [0.15, 0.2) is 52.3 Å². The van der Waals surface area contributed by atoms with Crippen molar-refractivity contribution in [3.05, 3.63) is 53.1 Å². The zero-order valence-electron chi connectivity index (χ0n) is 13.2. The molecule has 0 aliphatic heterocycles. The van der Waals surface area contributed by atoms with Crippen molar-refractivity contribution in [3.8, 4) is 11.8 Å². The third-order valence-electron chi connectivity index (χ3n) is 3.56. The highest BCUT2D eigenvalue weighted by Gasteiger charge is 2.29. The number of hydrogen-bond donors (Lipinski definition) is 1. The average Bonchev–Trinajstić information content (AvgIpc) is 3.40. The fourth-order valence-electron chi connectivity index (χ4n) is 2.09. The van der Waals surface area contributed by atoms with Gasteiger partial charge >= 0.3 is 10.1 Å². The van der Waals surface area contributed by atoms with Gasteiger partial charge in [-0.2, -0.15) is 13.7 Å². The van der Waals surface area contributed by atoms with E-state index in [9.17, 15) is 16.8 Å². The number of nitrogens with one attached hydrogen (secondary N) is 1. The molecule has 136 valence electrons.